The molecule has 0 fully saturated rings. The zero-order valence-electron chi connectivity index (χ0n) is 10.2. The molecule has 1 unspecified atom stereocenters. The van der Waals surface area contributed by atoms with Crippen LogP contribution >= 0.6 is 11.6 Å². The van der Waals surface area contributed by atoms with Crippen LogP contribution in [0.5, 0.6) is 5.75 Å². The Morgan fingerprint density at radius 1 is 1.50 bits per heavy atom. The molecule has 1 heterocycles. The standard InChI is InChI=1S/C12H14ClN3O2/c1-16-7-8(14-15-16)6-10(17)12-9(13)4-3-5-11(12)18-2/h3-5,7,10,17H,6H2,1-2H3. The van der Waals surface area contributed by atoms with Gasteiger partial charge in [0.05, 0.1) is 23.9 Å². The van der Waals surface area contributed by atoms with Crippen molar-refractivity contribution in [2.45, 2.75) is 12.5 Å². The Balaban J connectivity index is 2.25. The Morgan fingerprint density at radius 3 is 2.89 bits per heavy atom. The molecule has 0 amide bonds. The molecule has 0 spiro atoms. The number of ether oxygens (including phenoxy) is 1. The van der Waals surface area contributed by atoms with Gasteiger partial charge in [0.2, 0.25) is 0 Å². The van der Waals surface area contributed by atoms with E-state index in [9.17, 15) is 5.11 Å². The van der Waals surface area contributed by atoms with Gasteiger partial charge in [0.1, 0.15) is 5.75 Å². The second-order valence-corrected chi connectivity index (χ2v) is 4.37. The van der Waals surface area contributed by atoms with Gasteiger partial charge >= 0.3 is 0 Å². The Hall–Kier alpha value is -1.59. The van der Waals surface area contributed by atoms with Crippen LogP contribution in [0.15, 0.2) is 24.4 Å². The summed E-state index contributed by atoms with van der Waals surface area (Å²) in [7, 11) is 3.32. The fraction of sp³-hybridized carbons (Fsp3) is 0.333. The van der Waals surface area contributed by atoms with E-state index in [0.717, 1.165) is 0 Å². The molecule has 0 radical (unpaired) electrons. The molecule has 96 valence electrons. The van der Waals surface area contributed by atoms with E-state index in [4.69, 9.17) is 16.3 Å². The second-order valence-electron chi connectivity index (χ2n) is 3.96. The smallest absolute Gasteiger partial charge is 0.126 e. The number of methoxy groups -OCH3 is 1. The summed E-state index contributed by atoms with van der Waals surface area (Å²) in [6, 6.07) is 5.26. The maximum absolute atomic E-state index is 10.2. The van der Waals surface area contributed by atoms with Crippen LogP contribution in [0.3, 0.4) is 0 Å². The molecular formula is C12H14ClN3O2. The molecule has 6 heteroatoms. The van der Waals surface area contributed by atoms with Crippen LogP contribution in [0.25, 0.3) is 0 Å². The van der Waals surface area contributed by atoms with Crippen LogP contribution in [0.1, 0.15) is 17.4 Å². The van der Waals surface area contributed by atoms with Crippen LogP contribution < -0.4 is 4.74 Å². The van der Waals surface area contributed by atoms with Gasteiger partial charge < -0.3 is 9.84 Å². The first-order valence-electron chi connectivity index (χ1n) is 5.47. The van der Waals surface area contributed by atoms with Crippen molar-refractivity contribution in [1.29, 1.82) is 0 Å². The number of aromatic nitrogens is 3. The fourth-order valence-corrected chi connectivity index (χ4v) is 2.10. The van der Waals surface area contributed by atoms with Crippen molar-refractivity contribution in [3.05, 3.63) is 40.7 Å². The predicted molar refractivity (Wildman–Crippen MR) is 67.7 cm³/mol. The summed E-state index contributed by atoms with van der Waals surface area (Å²) in [6.07, 6.45) is 1.32. The summed E-state index contributed by atoms with van der Waals surface area (Å²) >= 11 is 6.09. The van der Waals surface area contributed by atoms with E-state index in [1.54, 1.807) is 43.2 Å². The van der Waals surface area contributed by atoms with Crippen LogP contribution in [-0.2, 0) is 13.5 Å². The number of aliphatic hydroxyl groups is 1. The lowest BCUT2D eigenvalue weighted by molar-refractivity contribution is 0.173. The number of halogens is 1. The Morgan fingerprint density at radius 2 is 2.28 bits per heavy atom. The number of hydrogen-bond donors (Lipinski definition) is 1. The number of aliphatic hydroxyl groups excluding tert-OH is 1. The van der Waals surface area contributed by atoms with Crippen LogP contribution in [0.4, 0.5) is 0 Å². The van der Waals surface area contributed by atoms with Crippen LogP contribution in [0.2, 0.25) is 5.02 Å². The Labute approximate surface area is 110 Å². The average Bonchev–Trinajstić information content (AvgIpc) is 2.74. The summed E-state index contributed by atoms with van der Waals surface area (Å²) in [5.41, 5.74) is 1.28. The summed E-state index contributed by atoms with van der Waals surface area (Å²) < 4.78 is 6.79. The van der Waals surface area contributed by atoms with Gasteiger partial charge in [-0.05, 0) is 12.1 Å². The van der Waals surface area contributed by atoms with E-state index in [0.29, 0.717) is 28.5 Å². The minimum Gasteiger partial charge on any atom is -0.496 e. The van der Waals surface area contributed by atoms with Gasteiger partial charge in [0, 0.05) is 25.2 Å². The summed E-state index contributed by atoms with van der Waals surface area (Å²) in [6.45, 7) is 0. The molecule has 1 aromatic carbocycles. The van der Waals surface area contributed by atoms with Gasteiger partial charge in [0.15, 0.2) is 0 Å². The first-order valence-corrected chi connectivity index (χ1v) is 5.85. The number of aryl methyl sites for hydroxylation is 1. The fourth-order valence-electron chi connectivity index (χ4n) is 1.81. The lowest BCUT2D eigenvalue weighted by Crippen LogP contribution is -2.05. The molecule has 0 aliphatic carbocycles. The van der Waals surface area contributed by atoms with Crippen molar-refractivity contribution in [3.8, 4) is 5.75 Å². The highest BCUT2D eigenvalue weighted by molar-refractivity contribution is 6.31. The average molecular weight is 268 g/mol. The molecule has 0 aliphatic heterocycles. The van der Waals surface area contributed by atoms with Gasteiger partial charge in [-0.2, -0.15) is 0 Å². The van der Waals surface area contributed by atoms with Crippen molar-refractivity contribution in [2.24, 2.45) is 7.05 Å². The Kier molecular flexibility index (Phi) is 3.84. The molecule has 1 aromatic heterocycles. The third-order valence-corrected chi connectivity index (χ3v) is 2.95. The molecule has 0 saturated heterocycles. The molecule has 0 bridgehead atoms. The molecular weight excluding hydrogens is 254 g/mol. The number of nitrogens with zero attached hydrogens (tertiary/aromatic N) is 3. The van der Waals surface area contributed by atoms with Gasteiger partial charge in [0.25, 0.3) is 0 Å². The summed E-state index contributed by atoms with van der Waals surface area (Å²) in [4.78, 5) is 0. The van der Waals surface area contributed by atoms with E-state index in [2.05, 4.69) is 10.3 Å². The SMILES string of the molecule is COc1cccc(Cl)c1C(O)Cc1cn(C)nn1. The number of benzene rings is 1. The van der Waals surface area contributed by atoms with E-state index >= 15 is 0 Å². The molecule has 1 N–H and O–H groups in total. The third-order valence-electron chi connectivity index (χ3n) is 2.62. The molecule has 2 aromatic rings. The minimum absolute atomic E-state index is 0.341. The molecule has 0 aliphatic rings. The maximum Gasteiger partial charge on any atom is 0.126 e. The minimum atomic E-state index is -0.773. The molecule has 18 heavy (non-hydrogen) atoms. The van der Waals surface area contributed by atoms with E-state index < -0.39 is 6.10 Å². The van der Waals surface area contributed by atoms with Gasteiger partial charge in [-0.15, -0.1) is 5.10 Å². The first-order chi connectivity index (χ1) is 8.61. The lowest BCUT2D eigenvalue weighted by Gasteiger charge is -2.15. The quantitative estimate of drug-likeness (QED) is 0.917. The van der Waals surface area contributed by atoms with E-state index in [1.165, 1.54) is 0 Å². The third kappa shape index (κ3) is 2.63. The molecule has 5 nitrogen and oxygen atoms in total. The predicted octanol–water partition coefficient (Wildman–Crippen LogP) is 1.75. The van der Waals surface area contributed by atoms with Crippen LogP contribution in [-0.4, -0.2) is 27.2 Å². The highest BCUT2D eigenvalue weighted by Crippen LogP contribution is 2.33. The molecule has 1 atom stereocenters. The monoisotopic (exact) mass is 267 g/mol. The highest BCUT2D eigenvalue weighted by Gasteiger charge is 2.18. The van der Waals surface area contributed by atoms with Crippen LogP contribution in [0, 0.1) is 0 Å². The number of hydrogen-bond acceptors (Lipinski definition) is 4. The zero-order chi connectivity index (χ0) is 13.1. The van der Waals surface area contributed by atoms with Crippen molar-refractivity contribution >= 4 is 11.6 Å². The summed E-state index contributed by atoms with van der Waals surface area (Å²) in [5, 5.41) is 18.5. The van der Waals surface area contributed by atoms with Crippen molar-refractivity contribution in [3.63, 3.8) is 0 Å². The van der Waals surface area contributed by atoms with Gasteiger partial charge in [-0.25, -0.2) is 0 Å². The first kappa shape index (κ1) is 12.9. The second kappa shape index (κ2) is 5.37. The molecule has 0 saturated carbocycles. The topological polar surface area (TPSA) is 60.2 Å². The highest BCUT2D eigenvalue weighted by atomic mass is 35.5. The van der Waals surface area contributed by atoms with E-state index in [-0.39, 0.29) is 0 Å². The van der Waals surface area contributed by atoms with Crippen molar-refractivity contribution in [2.75, 3.05) is 7.11 Å². The summed E-state index contributed by atoms with van der Waals surface area (Å²) in [5.74, 6) is 0.568. The molecule has 2 rings (SSSR count). The largest absolute Gasteiger partial charge is 0.496 e. The number of rotatable bonds is 4. The zero-order valence-corrected chi connectivity index (χ0v) is 10.9. The van der Waals surface area contributed by atoms with Gasteiger partial charge in [-0.1, -0.05) is 22.9 Å². The van der Waals surface area contributed by atoms with E-state index in [1.807, 2.05) is 0 Å². The Bertz CT molecular complexity index is 542. The van der Waals surface area contributed by atoms with Crippen molar-refractivity contribution < 1.29 is 9.84 Å². The lowest BCUT2D eigenvalue weighted by atomic mass is 10.0. The van der Waals surface area contributed by atoms with Crippen molar-refractivity contribution in [1.82, 2.24) is 15.0 Å². The van der Waals surface area contributed by atoms with Gasteiger partial charge in [-0.3, -0.25) is 4.68 Å². The maximum atomic E-state index is 10.2. The normalized spacial score (nSPS) is 12.4.